The summed E-state index contributed by atoms with van der Waals surface area (Å²) >= 11 is 1.51. The fourth-order valence-electron chi connectivity index (χ4n) is 4.17. The van der Waals surface area contributed by atoms with E-state index in [0.717, 1.165) is 21.9 Å². The van der Waals surface area contributed by atoms with Crippen LogP contribution in [0.15, 0.2) is 70.5 Å². The summed E-state index contributed by atoms with van der Waals surface area (Å²) in [4.78, 5) is 41.1. The van der Waals surface area contributed by atoms with Crippen LogP contribution in [0, 0.1) is 20.2 Å². The second-order valence-corrected chi connectivity index (χ2v) is 8.74. The predicted molar refractivity (Wildman–Crippen MR) is 126 cm³/mol. The highest BCUT2D eigenvalue weighted by atomic mass is 32.2. The van der Waals surface area contributed by atoms with E-state index in [1.54, 1.807) is 29.2 Å². The van der Waals surface area contributed by atoms with Crippen molar-refractivity contribution in [2.75, 3.05) is 36.1 Å². The lowest BCUT2D eigenvalue weighted by atomic mass is 10.1. The van der Waals surface area contributed by atoms with Gasteiger partial charge in [0.15, 0.2) is 5.69 Å². The van der Waals surface area contributed by atoms with Crippen LogP contribution in [0.3, 0.4) is 0 Å². The van der Waals surface area contributed by atoms with Crippen molar-refractivity contribution < 1.29 is 19.4 Å². The minimum absolute atomic E-state index is 0.107. The zero-order valence-electron chi connectivity index (χ0n) is 17.7. The molecule has 0 aromatic heterocycles. The SMILES string of the molecule is O=C(c1cc([N+](=O)[O-])c(N2CCOCC2)c([N+](=O)[O-])c1)N1c2ccccc2Sc2ccccc21. The standard InChI is InChI=1S/C23H18N4O6S/c28-23(25-16-5-1-3-7-20(16)34-21-8-4-2-6-17(21)25)15-13-18(26(29)30)22(19(14-15)27(31)32)24-9-11-33-12-10-24/h1-8,13-14H,9-12H2. The Kier molecular flexibility index (Phi) is 5.64. The van der Waals surface area contributed by atoms with Crippen LogP contribution in [-0.2, 0) is 4.74 Å². The number of benzene rings is 3. The second-order valence-electron chi connectivity index (χ2n) is 7.65. The first-order valence-corrected chi connectivity index (χ1v) is 11.3. The molecule has 2 aliphatic heterocycles. The molecule has 1 fully saturated rings. The van der Waals surface area contributed by atoms with Crippen molar-refractivity contribution >= 4 is 46.1 Å². The Labute approximate surface area is 198 Å². The van der Waals surface area contributed by atoms with Gasteiger partial charge in [-0.1, -0.05) is 36.0 Å². The van der Waals surface area contributed by atoms with E-state index in [0.29, 0.717) is 24.6 Å². The van der Waals surface area contributed by atoms with Gasteiger partial charge < -0.3 is 9.64 Å². The number of hydrogen-bond donors (Lipinski definition) is 0. The monoisotopic (exact) mass is 478 g/mol. The number of carbonyl (C=O) groups is 1. The maximum atomic E-state index is 13.8. The summed E-state index contributed by atoms with van der Waals surface area (Å²) in [5.74, 6) is -0.583. The van der Waals surface area contributed by atoms with Crippen molar-refractivity contribution in [3.8, 4) is 0 Å². The van der Waals surface area contributed by atoms with Gasteiger partial charge in [0.25, 0.3) is 17.3 Å². The van der Waals surface area contributed by atoms with E-state index in [4.69, 9.17) is 4.74 Å². The molecular weight excluding hydrogens is 460 g/mol. The number of hydrogen-bond acceptors (Lipinski definition) is 8. The molecular formula is C23H18N4O6S. The van der Waals surface area contributed by atoms with E-state index in [9.17, 15) is 25.0 Å². The number of rotatable bonds is 4. The summed E-state index contributed by atoms with van der Waals surface area (Å²) in [5, 5.41) is 24.0. The molecule has 0 aliphatic carbocycles. The first kappa shape index (κ1) is 21.9. The predicted octanol–water partition coefficient (Wildman–Crippen LogP) is 4.78. The van der Waals surface area contributed by atoms with Gasteiger partial charge in [0.05, 0.1) is 40.0 Å². The normalized spacial score (nSPS) is 14.8. The Bertz CT molecular complexity index is 1240. The molecule has 2 heterocycles. The molecule has 2 aliphatic rings. The van der Waals surface area contributed by atoms with Crippen LogP contribution in [0.4, 0.5) is 28.4 Å². The van der Waals surface area contributed by atoms with Crippen molar-refractivity contribution in [3.05, 3.63) is 86.5 Å². The fourth-order valence-corrected chi connectivity index (χ4v) is 5.23. The van der Waals surface area contributed by atoms with Gasteiger partial charge in [0.1, 0.15) is 0 Å². The minimum atomic E-state index is -0.678. The number of nitro benzene ring substituents is 2. The summed E-state index contributed by atoms with van der Waals surface area (Å²) in [6, 6.07) is 16.9. The van der Waals surface area contributed by atoms with Crippen LogP contribution >= 0.6 is 11.8 Å². The van der Waals surface area contributed by atoms with Crippen LogP contribution in [-0.4, -0.2) is 42.1 Å². The van der Waals surface area contributed by atoms with E-state index < -0.39 is 27.1 Å². The third kappa shape index (κ3) is 3.74. The van der Waals surface area contributed by atoms with Crippen molar-refractivity contribution in [3.63, 3.8) is 0 Å². The third-order valence-corrected chi connectivity index (χ3v) is 6.80. The molecule has 10 nitrogen and oxygen atoms in total. The number of morpholine rings is 1. The molecule has 1 amide bonds. The molecule has 0 radical (unpaired) electrons. The van der Waals surface area contributed by atoms with Gasteiger partial charge in [-0.25, -0.2) is 0 Å². The van der Waals surface area contributed by atoms with Crippen LogP contribution in [0.5, 0.6) is 0 Å². The molecule has 0 spiro atoms. The first-order valence-electron chi connectivity index (χ1n) is 10.5. The van der Waals surface area contributed by atoms with Crippen molar-refractivity contribution in [1.82, 2.24) is 0 Å². The average molecular weight is 478 g/mol. The number of para-hydroxylation sites is 2. The van der Waals surface area contributed by atoms with Crippen LogP contribution in [0.1, 0.15) is 10.4 Å². The lowest BCUT2D eigenvalue weighted by molar-refractivity contribution is -0.392. The zero-order chi connectivity index (χ0) is 23.8. The Morgan fingerprint density at radius 2 is 1.35 bits per heavy atom. The number of nitro groups is 2. The van der Waals surface area contributed by atoms with Crippen molar-refractivity contribution in [2.24, 2.45) is 0 Å². The highest BCUT2D eigenvalue weighted by Crippen LogP contribution is 2.49. The van der Waals surface area contributed by atoms with Crippen LogP contribution in [0.2, 0.25) is 0 Å². The van der Waals surface area contributed by atoms with E-state index in [1.165, 1.54) is 16.7 Å². The highest BCUT2D eigenvalue weighted by Gasteiger charge is 2.36. The Morgan fingerprint density at radius 3 is 1.85 bits per heavy atom. The lowest BCUT2D eigenvalue weighted by Gasteiger charge is -2.31. The van der Waals surface area contributed by atoms with Gasteiger partial charge in [-0.15, -0.1) is 0 Å². The topological polar surface area (TPSA) is 119 Å². The number of carbonyl (C=O) groups excluding carboxylic acids is 1. The number of amides is 1. The quantitative estimate of drug-likeness (QED) is 0.388. The maximum Gasteiger partial charge on any atom is 0.300 e. The Hall–Kier alpha value is -3.96. The van der Waals surface area contributed by atoms with Gasteiger partial charge >= 0.3 is 0 Å². The average Bonchev–Trinajstić information content (AvgIpc) is 2.86. The summed E-state index contributed by atoms with van der Waals surface area (Å²) in [5.41, 5.74) is 0.0223. The van der Waals surface area contributed by atoms with Gasteiger partial charge in [-0.05, 0) is 24.3 Å². The summed E-state index contributed by atoms with van der Waals surface area (Å²) in [6.45, 7) is 1.15. The number of fused-ring (bicyclic) bond motifs is 2. The summed E-state index contributed by atoms with van der Waals surface area (Å²) in [6.07, 6.45) is 0. The molecule has 0 N–H and O–H groups in total. The van der Waals surface area contributed by atoms with Crippen molar-refractivity contribution in [1.29, 1.82) is 0 Å². The van der Waals surface area contributed by atoms with Gasteiger partial charge in [0, 0.05) is 35.0 Å². The zero-order valence-corrected chi connectivity index (χ0v) is 18.6. The van der Waals surface area contributed by atoms with Gasteiger partial charge in [-0.2, -0.15) is 0 Å². The molecule has 34 heavy (non-hydrogen) atoms. The largest absolute Gasteiger partial charge is 0.378 e. The number of ether oxygens (including phenoxy) is 1. The maximum absolute atomic E-state index is 13.8. The van der Waals surface area contributed by atoms with Crippen molar-refractivity contribution in [2.45, 2.75) is 9.79 Å². The lowest BCUT2D eigenvalue weighted by Crippen LogP contribution is -2.37. The van der Waals surface area contributed by atoms with Crippen LogP contribution < -0.4 is 9.80 Å². The fraction of sp³-hybridized carbons (Fsp3) is 0.174. The van der Waals surface area contributed by atoms with E-state index in [2.05, 4.69) is 0 Å². The second kappa shape index (κ2) is 8.76. The third-order valence-electron chi connectivity index (χ3n) is 5.67. The number of anilines is 3. The molecule has 0 unspecified atom stereocenters. The molecule has 5 rings (SSSR count). The Morgan fingerprint density at radius 1 is 0.853 bits per heavy atom. The summed E-state index contributed by atoms with van der Waals surface area (Å²) in [7, 11) is 0. The molecule has 3 aromatic rings. The Balaban J connectivity index is 1.67. The van der Waals surface area contributed by atoms with E-state index in [1.807, 2.05) is 24.3 Å². The summed E-state index contributed by atoms with van der Waals surface area (Å²) < 4.78 is 5.29. The molecule has 0 bridgehead atoms. The minimum Gasteiger partial charge on any atom is -0.378 e. The molecule has 0 saturated carbocycles. The molecule has 0 atom stereocenters. The first-order chi connectivity index (χ1) is 16.5. The van der Waals surface area contributed by atoms with Gasteiger partial charge in [-0.3, -0.25) is 29.9 Å². The smallest absolute Gasteiger partial charge is 0.300 e. The van der Waals surface area contributed by atoms with Gasteiger partial charge in [0.2, 0.25) is 0 Å². The number of nitrogens with zero attached hydrogens (tertiary/aromatic N) is 4. The molecule has 11 heteroatoms. The van der Waals surface area contributed by atoms with Crippen LogP contribution in [0.25, 0.3) is 0 Å². The molecule has 172 valence electrons. The molecule has 3 aromatic carbocycles. The molecule has 1 saturated heterocycles. The van der Waals surface area contributed by atoms with E-state index in [-0.39, 0.29) is 24.3 Å². The highest BCUT2D eigenvalue weighted by molar-refractivity contribution is 7.99. The van der Waals surface area contributed by atoms with E-state index >= 15 is 0 Å².